The maximum atomic E-state index is 10.5. The summed E-state index contributed by atoms with van der Waals surface area (Å²) in [4.78, 5) is 0. The minimum atomic E-state index is 0.0690. The molecule has 0 N–H and O–H groups in total. The zero-order valence-corrected chi connectivity index (χ0v) is 32.9. The molecule has 0 aliphatic rings. The lowest BCUT2D eigenvalue weighted by atomic mass is 9.74. The van der Waals surface area contributed by atoms with E-state index in [-0.39, 0.29) is 16.7 Å². The molecule has 4 nitrogen and oxygen atoms in total. The van der Waals surface area contributed by atoms with Crippen molar-refractivity contribution in [3.05, 3.63) is 223 Å². The molecule has 10 aromatic rings. The predicted molar refractivity (Wildman–Crippen MR) is 248 cm³/mol. The largest absolute Gasteiger partial charge is 0.309 e. The summed E-state index contributed by atoms with van der Waals surface area (Å²) in [5.74, 6) is 0. The number of aromatic nitrogens is 1. The molecule has 0 spiro atoms. The highest BCUT2D eigenvalue weighted by Crippen LogP contribution is 2.56. The van der Waals surface area contributed by atoms with E-state index in [9.17, 15) is 15.8 Å². The van der Waals surface area contributed by atoms with Crippen LogP contribution in [0.2, 0.25) is 0 Å². The van der Waals surface area contributed by atoms with Crippen LogP contribution < -0.4 is 0 Å². The molecule has 0 unspecified atom stereocenters. The first-order valence-corrected chi connectivity index (χ1v) is 20.1. The molecule has 0 fully saturated rings. The van der Waals surface area contributed by atoms with Gasteiger partial charge in [0.2, 0.25) is 0 Å². The van der Waals surface area contributed by atoms with Crippen LogP contribution in [0.5, 0.6) is 0 Å². The number of rotatable bonds is 7. The maximum Gasteiger partial charge on any atom is 0.102 e. The van der Waals surface area contributed by atoms with Crippen LogP contribution in [-0.4, -0.2) is 4.57 Å². The van der Waals surface area contributed by atoms with Crippen molar-refractivity contribution in [1.29, 1.82) is 15.8 Å². The Kier molecular flexibility index (Phi) is 9.32. The summed E-state index contributed by atoms with van der Waals surface area (Å²) >= 11 is 0. The third kappa shape index (κ3) is 6.23. The van der Waals surface area contributed by atoms with Crippen LogP contribution in [0.1, 0.15) is 16.7 Å². The molecule has 0 aliphatic heterocycles. The summed E-state index contributed by atoms with van der Waals surface area (Å²) in [7, 11) is 0. The molecule has 4 heteroatoms. The minimum absolute atomic E-state index is 0.0690. The van der Waals surface area contributed by atoms with Gasteiger partial charge in [0.05, 0.1) is 27.7 Å². The maximum absolute atomic E-state index is 10.5. The summed E-state index contributed by atoms with van der Waals surface area (Å²) in [6.07, 6.45) is 0. The smallest absolute Gasteiger partial charge is 0.102 e. The van der Waals surface area contributed by atoms with Crippen molar-refractivity contribution in [2.24, 2.45) is 0 Å². The zero-order valence-electron chi connectivity index (χ0n) is 32.9. The normalized spacial score (nSPS) is 10.9. The molecule has 0 saturated heterocycles. The fourth-order valence-electron chi connectivity index (χ4n) is 8.96. The molecular weight excluding hydrogens is 741 g/mol. The topological polar surface area (TPSA) is 76.3 Å². The van der Waals surface area contributed by atoms with Gasteiger partial charge in [-0.2, -0.15) is 15.8 Å². The second kappa shape index (κ2) is 15.5. The van der Waals surface area contributed by atoms with Gasteiger partial charge in [-0.05, 0) is 103 Å². The highest BCUT2D eigenvalue weighted by Gasteiger charge is 2.30. The van der Waals surface area contributed by atoms with E-state index in [2.05, 4.69) is 181 Å². The Bertz CT molecular complexity index is 3310. The van der Waals surface area contributed by atoms with E-state index in [4.69, 9.17) is 0 Å². The monoisotopic (exact) mass is 774 g/mol. The number of fused-ring (bicyclic) bond motifs is 3. The summed E-state index contributed by atoms with van der Waals surface area (Å²) in [5.41, 5.74) is 15.1. The van der Waals surface area contributed by atoms with Crippen LogP contribution in [0.3, 0.4) is 0 Å². The molecule has 9 aromatic carbocycles. The van der Waals surface area contributed by atoms with Gasteiger partial charge in [0.1, 0.15) is 18.2 Å². The van der Waals surface area contributed by atoms with E-state index in [0.29, 0.717) is 5.56 Å². The van der Waals surface area contributed by atoms with Gasteiger partial charge in [0, 0.05) is 16.5 Å². The van der Waals surface area contributed by atoms with Crippen LogP contribution in [0, 0.1) is 34.0 Å². The van der Waals surface area contributed by atoms with Crippen LogP contribution in [0.15, 0.2) is 206 Å². The van der Waals surface area contributed by atoms with Crippen LogP contribution in [0.25, 0.3) is 94.3 Å². The van der Waals surface area contributed by atoms with E-state index in [1.165, 1.54) is 10.8 Å². The van der Waals surface area contributed by atoms with Gasteiger partial charge in [-0.1, -0.05) is 170 Å². The Hall–Kier alpha value is -8.75. The molecule has 0 aliphatic carbocycles. The molecule has 10 rings (SSSR count). The summed E-state index contributed by atoms with van der Waals surface area (Å²) in [6, 6.07) is 77.8. The summed E-state index contributed by atoms with van der Waals surface area (Å²) < 4.78 is 2.32. The number of benzene rings is 9. The lowest BCUT2D eigenvalue weighted by Crippen LogP contribution is -2.03. The number of nitrogens with zero attached hydrogens (tertiary/aromatic N) is 4. The average molecular weight is 775 g/mol. The Morgan fingerprint density at radius 1 is 0.295 bits per heavy atom. The molecule has 0 bridgehead atoms. The predicted octanol–water partition coefficient (Wildman–Crippen LogP) is 14.4. The molecule has 61 heavy (non-hydrogen) atoms. The fraction of sp³-hybridized carbons (Fsp3) is 0. The van der Waals surface area contributed by atoms with Gasteiger partial charge in [-0.15, -0.1) is 0 Å². The van der Waals surface area contributed by atoms with Crippen molar-refractivity contribution in [1.82, 2.24) is 4.57 Å². The van der Waals surface area contributed by atoms with E-state index in [1.54, 1.807) is 12.1 Å². The van der Waals surface area contributed by atoms with Crippen molar-refractivity contribution >= 4 is 21.8 Å². The minimum Gasteiger partial charge on any atom is -0.309 e. The molecule has 1 aromatic heterocycles. The van der Waals surface area contributed by atoms with E-state index in [0.717, 1.165) is 77.9 Å². The van der Waals surface area contributed by atoms with E-state index in [1.807, 2.05) is 36.4 Å². The van der Waals surface area contributed by atoms with E-state index >= 15 is 0 Å². The second-order valence-electron chi connectivity index (χ2n) is 14.9. The Morgan fingerprint density at radius 2 is 0.607 bits per heavy atom. The average Bonchev–Trinajstić information content (AvgIpc) is 3.68. The van der Waals surface area contributed by atoms with Gasteiger partial charge >= 0.3 is 0 Å². The van der Waals surface area contributed by atoms with Crippen molar-refractivity contribution in [2.45, 2.75) is 0 Å². The quantitative estimate of drug-likeness (QED) is 0.162. The molecule has 0 saturated carbocycles. The lowest BCUT2D eigenvalue weighted by Gasteiger charge is -2.29. The molecule has 0 atom stereocenters. The Morgan fingerprint density at radius 3 is 0.951 bits per heavy atom. The van der Waals surface area contributed by atoms with Crippen molar-refractivity contribution in [3.8, 4) is 90.7 Å². The number of para-hydroxylation sites is 2. The van der Waals surface area contributed by atoms with Gasteiger partial charge in [0.15, 0.2) is 0 Å². The standard InChI is InChI=1S/C57H34N4/c58-35-44-33-43(34-45(36-59)49(44)37-60)57-55(41-23-11-4-12-24-41)53(39-19-7-2-8-20-39)52(38-17-5-1-6-18-38)54(40-21-9-3-10-22-40)56(57)42-29-31-46(32-30-42)61-50-27-15-13-25-47(50)48-26-14-16-28-51(48)61/h1-34H. The van der Waals surface area contributed by atoms with Gasteiger partial charge < -0.3 is 4.57 Å². The molecular formula is C57H34N4. The number of hydrogen-bond donors (Lipinski definition) is 0. The van der Waals surface area contributed by atoms with Crippen LogP contribution in [-0.2, 0) is 0 Å². The Balaban J connectivity index is 1.42. The zero-order chi connectivity index (χ0) is 41.3. The second-order valence-corrected chi connectivity index (χ2v) is 14.9. The molecule has 1 heterocycles. The van der Waals surface area contributed by atoms with Crippen molar-refractivity contribution in [3.63, 3.8) is 0 Å². The highest BCUT2D eigenvalue weighted by molar-refractivity contribution is 6.15. The molecule has 282 valence electrons. The Labute approximate surface area is 354 Å². The van der Waals surface area contributed by atoms with Crippen LogP contribution in [0.4, 0.5) is 0 Å². The summed E-state index contributed by atoms with van der Waals surface area (Å²) in [6.45, 7) is 0. The molecule has 0 radical (unpaired) electrons. The third-order valence-electron chi connectivity index (χ3n) is 11.5. The van der Waals surface area contributed by atoms with Crippen molar-refractivity contribution in [2.75, 3.05) is 0 Å². The van der Waals surface area contributed by atoms with Crippen molar-refractivity contribution < 1.29 is 0 Å². The third-order valence-corrected chi connectivity index (χ3v) is 11.5. The number of nitriles is 3. The van der Waals surface area contributed by atoms with Gasteiger partial charge in [-0.25, -0.2) is 0 Å². The van der Waals surface area contributed by atoms with Gasteiger partial charge in [0.25, 0.3) is 0 Å². The highest BCUT2D eigenvalue weighted by atomic mass is 15.0. The number of hydrogen-bond acceptors (Lipinski definition) is 3. The van der Waals surface area contributed by atoms with E-state index < -0.39 is 0 Å². The SMILES string of the molecule is N#Cc1cc(-c2c(-c3ccccc3)c(-c3ccccc3)c(-c3ccccc3)c(-c3ccccc3)c2-c2ccc(-n3c4ccccc4c4ccccc43)cc2)cc(C#N)c1C#N. The lowest BCUT2D eigenvalue weighted by molar-refractivity contribution is 1.18. The first-order valence-electron chi connectivity index (χ1n) is 20.1. The summed E-state index contributed by atoms with van der Waals surface area (Å²) in [5, 5.41) is 33.7. The first kappa shape index (κ1) is 36.6. The fourth-order valence-corrected chi connectivity index (χ4v) is 8.96. The first-order chi connectivity index (χ1) is 30.2. The molecule has 0 amide bonds. The van der Waals surface area contributed by atoms with Crippen LogP contribution >= 0.6 is 0 Å². The van der Waals surface area contributed by atoms with Gasteiger partial charge in [-0.3, -0.25) is 0 Å².